The number of ether oxygens (including phenoxy) is 1. The maximum absolute atomic E-state index is 10.6. The molecule has 0 spiro atoms. The SMILES string of the molecule is CC1CC(O)(Cc2cc(Cl)cc3c2OCC3)CS1. The van der Waals surface area contributed by atoms with Gasteiger partial charge in [-0.2, -0.15) is 11.8 Å². The van der Waals surface area contributed by atoms with Crippen LogP contribution in [0.2, 0.25) is 5.02 Å². The Balaban J connectivity index is 1.89. The van der Waals surface area contributed by atoms with Crippen LogP contribution in [0.5, 0.6) is 5.75 Å². The second-order valence-electron chi connectivity index (χ2n) is 5.38. The molecule has 1 aromatic rings. The van der Waals surface area contributed by atoms with E-state index in [1.807, 2.05) is 23.9 Å². The van der Waals surface area contributed by atoms with E-state index in [9.17, 15) is 5.11 Å². The average Bonchev–Trinajstić information content (AvgIpc) is 2.85. The van der Waals surface area contributed by atoms with Crippen LogP contribution in [0.3, 0.4) is 0 Å². The quantitative estimate of drug-likeness (QED) is 0.905. The van der Waals surface area contributed by atoms with Crippen molar-refractivity contribution in [3.8, 4) is 5.75 Å². The van der Waals surface area contributed by atoms with Crippen molar-refractivity contribution in [3.05, 3.63) is 28.3 Å². The minimum absolute atomic E-state index is 0.531. The second-order valence-corrected chi connectivity index (χ2v) is 7.24. The summed E-state index contributed by atoms with van der Waals surface area (Å²) < 4.78 is 5.69. The predicted molar refractivity (Wildman–Crippen MR) is 75.8 cm³/mol. The number of aliphatic hydroxyl groups is 1. The molecule has 98 valence electrons. The molecule has 0 aliphatic carbocycles. The number of thioether (sulfide) groups is 1. The molecule has 2 heterocycles. The maximum atomic E-state index is 10.6. The van der Waals surface area contributed by atoms with Crippen molar-refractivity contribution in [1.82, 2.24) is 0 Å². The Labute approximate surface area is 117 Å². The first-order valence-corrected chi connectivity index (χ1v) is 7.76. The minimum atomic E-state index is -0.603. The van der Waals surface area contributed by atoms with Crippen LogP contribution < -0.4 is 4.74 Å². The van der Waals surface area contributed by atoms with Gasteiger partial charge in [-0.25, -0.2) is 0 Å². The molecule has 1 saturated heterocycles. The van der Waals surface area contributed by atoms with Gasteiger partial charge in [-0.3, -0.25) is 0 Å². The monoisotopic (exact) mass is 284 g/mol. The van der Waals surface area contributed by atoms with Crippen molar-refractivity contribution < 1.29 is 9.84 Å². The van der Waals surface area contributed by atoms with Crippen molar-refractivity contribution in [3.63, 3.8) is 0 Å². The molecule has 1 fully saturated rings. The fourth-order valence-corrected chi connectivity index (χ4v) is 4.41. The van der Waals surface area contributed by atoms with Gasteiger partial charge in [0, 0.05) is 28.9 Å². The van der Waals surface area contributed by atoms with Crippen LogP contribution in [-0.4, -0.2) is 28.3 Å². The van der Waals surface area contributed by atoms with Crippen LogP contribution >= 0.6 is 23.4 Å². The maximum Gasteiger partial charge on any atom is 0.126 e. The van der Waals surface area contributed by atoms with E-state index >= 15 is 0 Å². The van der Waals surface area contributed by atoms with E-state index in [4.69, 9.17) is 16.3 Å². The Bertz CT molecular complexity index is 477. The molecule has 0 aromatic heterocycles. The Morgan fingerprint density at radius 2 is 2.39 bits per heavy atom. The van der Waals surface area contributed by atoms with Crippen molar-refractivity contribution in [2.45, 2.75) is 37.0 Å². The highest BCUT2D eigenvalue weighted by Gasteiger charge is 2.37. The van der Waals surface area contributed by atoms with Gasteiger partial charge in [-0.1, -0.05) is 18.5 Å². The molecule has 4 heteroatoms. The van der Waals surface area contributed by atoms with Crippen molar-refractivity contribution in [1.29, 1.82) is 0 Å². The summed E-state index contributed by atoms with van der Waals surface area (Å²) in [4.78, 5) is 0. The van der Waals surface area contributed by atoms with E-state index in [0.29, 0.717) is 11.7 Å². The fraction of sp³-hybridized carbons (Fsp3) is 0.571. The van der Waals surface area contributed by atoms with Crippen LogP contribution in [0.4, 0.5) is 0 Å². The Kier molecular flexibility index (Phi) is 3.25. The summed E-state index contributed by atoms with van der Waals surface area (Å²) in [6, 6.07) is 3.92. The molecule has 0 bridgehead atoms. The first-order valence-electron chi connectivity index (χ1n) is 6.34. The lowest BCUT2D eigenvalue weighted by Gasteiger charge is -2.23. The predicted octanol–water partition coefficient (Wildman–Crippen LogP) is 3.07. The molecule has 2 unspecified atom stereocenters. The molecule has 2 nitrogen and oxygen atoms in total. The third-order valence-corrected chi connectivity index (χ3v) is 5.31. The first-order chi connectivity index (χ1) is 8.56. The lowest BCUT2D eigenvalue weighted by molar-refractivity contribution is 0.0636. The average molecular weight is 285 g/mol. The summed E-state index contributed by atoms with van der Waals surface area (Å²) in [5.74, 6) is 1.76. The summed E-state index contributed by atoms with van der Waals surface area (Å²) >= 11 is 7.98. The highest BCUT2D eigenvalue weighted by molar-refractivity contribution is 8.00. The van der Waals surface area contributed by atoms with Gasteiger partial charge in [0.15, 0.2) is 0 Å². The zero-order chi connectivity index (χ0) is 12.8. The topological polar surface area (TPSA) is 29.5 Å². The van der Waals surface area contributed by atoms with Gasteiger partial charge in [0.25, 0.3) is 0 Å². The van der Waals surface area contributed by atoms with E-state index in [1.165, 1.54) is 5.56 Å². The van der Waals surface area contributed by atoms with E-state index in [-0.39, 0.29) is 0 Å². The summed E-state index contributed by atoms with van der Waals surface area (Å²) in [5.41, 5.74) is 1.64. The van der Waals surface area contributed by atoms with Crippen LogP contribution in [0.25, 0.3) is 0 Å². The largest absolute Gasteiger partial charge is 0.493 e. The molecular formula is C14H17ClO2S. The molecule has 18 heavy (non-hydrogen) atoms. The minimum Gasteiger partial charge on any atom is -0.493 e. The third-order valence-electron chi connectivity index (χ3n) is 3.65. The second kappa shape index (κ2) is 4.62. The normalized spacial score (nSPS) is 30.3. The molecule has 2 aliphatic heterocycles. The summed E-state index contributed by atoms with van der Waals surface area (Å²) in [6.45, 7) is 2.90. The zero-order valence-electron chi connectivity index (χ0n) is 10.4. The smallest absolute Gasteiger partial charge is 0.126 e. The Morgan fingerprint density at radius 3 is 3.11 bits per heavy atom. The molecule has 0 radical (unpaired) electrons. The molecule has 3 rings (SSSR count). The molecular weight excluding hydrogens is 268 g/mol. The van der Waals surface area contributed by atoms with E-state index in [1.54, 1.807) is 0 Å². The molecule has 2 aliphatic rings. The van der Waals surface area contributed by atoms with Gasteiger partial charge >= 0.3 is 0 Å². The van der Waals surface area contributed by atoms with Crippen LogP contribution in [0.15, 0.2) is 12.1 Å². The molecule has 1 aromatic carbocycles. The van der Waals surface area contributed by atoms with Gasteiger partial charge in [0.1, 0.15) is 5.75 Å². The molecule has 0 saturated carbocycles. The number of hydrogen-bond donors (Lipinski definition) is 1. The number of fused-ring (bicyclic) bond motifs is 1. The lowest BCUT2D eigenvalue weighted by atomic mass is 9.91. The van der Waals surface area contributed by atoms with E-state index in [0.717, 1.165) is 41.5 Å². The standard InChI is InChI=1S/C14H17ClO2S/c1-9-6-14(16,8-18-9)7-11-5-12(15)4-10-2-3-17-13(10)11/h4-5,9,16H,2-3,6-8H2,1H3. The summed E-state index contributed by atoms with van der Waals surface area (Å²) in [7, 11) is 0. The fourth-order valence-electron chi connectivity index (χ4n) is 2.91. The number of hydrogen-bond acceptors (Lipinski definition) is 3. The van der Waals surface area contributed by atoms with E-state index in [2.05, 4.69) is 6.92 Å². The van der Waals surface area contributed by atoms with Gasteiger partial charge in [0.2, 0.25) is 0 Å². The van der Waals surface area contributed by atoms with Crippen molar-refractivity contribution >= 4 is 23.4 Å². The van der Waals surface area contributed by atoms with Crippen molar-refractivity contribution in [2.75, 3.05) is 12.4 Å². The van der Waals surface area contributed by atoms with Gasteiger partial charge < -0.3 is 9.84 Å². The number of rotatable bonds is 2. The Hall–Kier alpha value is -0.380. The highest BCUT2D eigenvalue weighted by Crippen LogP contribution is 2.40. The first kappa shape index (κ1) is 12.6. The molecule has 1 N–H and O–H groups in total. The van der Waals surface area contributed by atoms with Gasteiger partial charge in [-0.15, -0.1) is 0 Å². The lowest BCUT2D eigenvalue weighted by Crippen LogP contribution is -2.31. The number of benzene rings is 1. The van der Waals surface area contributed by atoms with Crippen LogP contribution in [0.1, 0.15) is 24.5 Å². The molecule has 2 atom stereocenters. The molecule has 0 amide bonds. The van der Waals surface area contributed by atoms with Crippen LogP contribution in [0, 0.1) is 0 Å². The summed E-state index contributed by atoms with van der Waals surface area (Å²) in [5, 5.41) is 11.9. The van der Waals surface area contributed by atoms with Crippen LogP contribution in [-0.2, 0) is 12.8 Å². The zero-order valence-corrected chi connectivity index (χ0v) is 12.0. The third kappa shape index (κ3) is 2.36. The van der Waals surface area contributed by atoms with Gasteiger partial charge in [-0.05, 0) is 29.7 Å². The van der Waals surface area contributed by atoms with Crippen molar-refractivity contribution in [2.24, 2.45) is 0 Å². The Morgan fingerprint density at radius 1 is 1.56 bits per heavy atom. The highest BCUT2D eigenvalue weighted by atomic mass is 35.5. The van der Waals surface area contributed by atoms with E-state index < -0.39 is 5.60 Å². The summed E-state index contributed by atoms with van der Waals surface area (Å²) in [6.07, 6.45) is 2.42. The number of halogens is 1. The van der Waals surface area contributed by atoms with Gasteiger partial charge in [0.05, 0.1) is 12.2 Å².